The van der Waals surface area contributed by atoms with Crippen LogP contribution in [0, 0.1) is 13.8 Å². The van der Waals surface area contributed by atoms with E-state index in [1.165, 1.54) is 16.7 Å². The first-order valence-corrected chi connectivity index (χ1v) is 7.97. The van der Waals surface area contributed by atoms with E-state index in [9.17, 15) is 4.79 Å². The lowest BCUT2D eigenvalue weighted by molar-refractivity contribution is 0.165. The van der Waals surface area contributed by atoms with E-state index in [1.807, 2.05) is 4.90 Å². The van der Waals surface area contributed by atoms with E-state index in [2.05, 4.69) is 42.3 Å². The van der Waals surface area contributed by atoms with Crippen molar-refractivity contribution in [3.8, 4) is 0 Å². The minimum Gasteiger partial charge on any atom is -0.320 e. The summed E-state index contributed by atoms with van der Waals surface area (Å²) >= 11 is 0. The maximum absolute atomic E-state index is 12.6. The van der Waals surface area contributed by atoms with Gasteiger partial charge in [0, 0.05) is 25.7 Å². The number of hydrogen-bond acceptors (Lipinski definition) is 2. The summed E-state index contributed by atoms with van der Waals surface area (Å²) < 4.78 is 0. The molecule has 1 N–H and O–H groups in total. The number of benzene rings is 1. The third kappa shape index (κ3) is 3.05. The van der Waals surface area contributed by atoms with Crippen molar-refractivity contribution in [2.24, 2.45) is 0 Å². The molecule has 0 unspecified atom stereocenters. The van der Waals surface area contributed by atoms with E-state index >= 15 is 0 Å². The van der Waals surface area contributed by atoms with Crippen molar-refractivity contribution < 1.29 is 4.79 Å². The van der Waals surface area contributed by atoms with Crippen LogP contribution in [0.5, 0.6) is 0 Å². The van der Waals surface area contributed by atoms with Gasteiger partial charge < -0.3 is 15.1 Å². The molecule has 3 rings (SSSR count). The highest BCUT2D eigenvalue weighted by Crippen LogP contribution is 2.21. The quantitative estimate of drug-likeness (QED) is 0.926. The van der Waals surface area contributed by atoms with Crippen LogP contribution in [-0.2, 0) is 6.54 Å². The number of rotatable bonds is 3. The molecule has 2 aliphatic heterocycles. The number of nitrogens with zero attached hydrogens (tertiary/aromatic N) is 2. The molecule has 0 aromatic heterocycles. The monoisotopic (exact) mass is 287 g/mol. The van der Waals surface area contributed by atoms with Crippen LogP contribution in [-0.4, -0.2) is 48.1 Å². The fourth-order valence-electron chi connectivity index (χ4n) is 3.33. The van der Waals surface area contributed by atoms with Crippen molar-refractivity contribution >= 4 is 6.03 Å². The highest BCUT2D eigenvalue weighted by molar-refractivity contribution is 5.77. The van der Waals surface area contributed by atoms with Gasteiger partial charge in [-0.1, -0.05) is 18.2 Å². The first-order valence-electron chi connectivity index (χ1n) is 7.97. The summed E-state index contributed by atoms with van der Waals surface area (Å²) in [5.74, 6) is 0. The molecule has 1 aromatic carbocycles. The molecule has 114 valence electrons. The van der Waals surface area contributed by atoms with Gasteiger partial charge >= 0.3 is 6.03 Å². The number of piperidine rings is 1. The van der Waals surface area contributed by atoms with E-state index in [4.69, 9.17) is 0 Å². The first kappa shape index (κ1) is 14.4. The van der Waals surface area contributed by atoms with Gasteiger partial charge in [-0.2, -0.15) is 0 Å². The SMILES string of the molecule is Cc1ccc(CN2CCN(C3CCNCC3)C2=O)cc1C. The lowest BCUT2D eigenvalue weighted by atomic mass is 10.1. The molecule has 0 saturated carbocycles. The second-order valence-electron chi connectivity index (χ2n) is 6.30. The predicted molar refractivity (Wildman–Crippen MR) is 84.3 cm³/mol. The summed E-state index contributed by atoms with van der Waals surface area (Å²) in [7, 11) is 0. The zero-order valence-electron chi connectivity index (χ0n) is 13.1. The minimum absolute atomic E-state index is 0.222. The first-order chi connectivity index (χ1) is 10.1. The van der Waals surface area contributed by atoms with Gasteiger partial charge in [-0.25, -0.2) is 4.79 Å². The van der Waals surface area contributed by atoms with E-state index in [-0.39, 0.29) is 6.03 Å². The molecule has 0 bridgehead atoms. The Hall–Kier alpha value is -1.55. The van der Waals surface area contributed by atoms with Crippen LogP contribution in [0.2, 0.25) is 0 Å². The molecule has 0 atom stereocenters. The Morgan fingerprint density at radius 3 is 2.62 bits per heavy atom. The maximum atomic E-state index is 12.6. The van der Waals surface area contributed by atoms with Gasteiger partial charge in [0.25, 0.3) is 0 Å². The smallest absolute Gasteiger partial charge is 0.320 e. The predicted octanol–water partition coefficient (Wildman–Crippen LogP) is 2.29. The molecule has 1 aromatic rings. The summed E-state index contributed by atoms with van der Waals surface area (Å²) in [5, 5.41) is 3.36. The molecule has 4 heteroatoms. The molecule has 4 nitrogen and oxygen atoms in total. The van der Waals surface area contributed by atoms with Crippen LogP contribution in [0.3, 0.4) is 0 Å². The summed E-state index contributed by atoms with van der Waals surface area (Å²) in [6.45, 7) is 8.80. The molecule has 0 spiro atoms. The molecular weight excluding hydrogens is 262 g/mol. The van der Waals surface area contributed by atoms with E-state index < -0.39 is 0 Å². The third-order valence-corrected chi connectivity index (χ3v) is 4.82. The van der Waals surface area contributed by atoms with Crippen LogP contribution < -0.4 is 5.32 Å². The maximum Gasteiger partial charge on any atom is 0.320 e. The lowest BCUT2D eigenvalue weighted by Crippen LogP contribution is -2.45. The number of carbonyl (C=O) groups excluding carboxylic acids is 1. The molecule has 2 amide bonds. The van der Waals surface area contributed by atoms with Crippen molar-refractivity contribution in [3.05, 3.63) is 34.9 Å². The summed E-state index contributed by atoms with van der Waals surface area (Å²) in [6.07, 6.45) is 2.17. The topological polar surface area (TPSA) is 35.6 Å². The summed E-state index contributed by atoms with van der Waals surface area (Å²) in [6, 6.07) is 7.15. The Morgan fingerprint density at radius 2 is 1.90 bits per heavy atom. The van der Waals surface area contributed by atoms with Crippen molar-refractivity contribution in [1.82, 2.24) is 15.1 Å². The van der Waals surface area contributed by atoms with Crippen molar-refractivity contribution in [2.45, 2.75) is 39.3 Å². The molecule has 2 heterocycles. The Kier molecular flexibility index (Phi) is 4.15. The molecule has 2 saturated heterocycles. The van der Waals surface area contributed by atoms with Gasteiger partial charge in [0.05, 0.1) is 0 Å². The van der Waals surface area contributed by atoms with Gasteiger partial charge in [-0.15, -0.1) is 0 Å². The number of nitrogens with one attached hydrogen (secondary N) is 1. The average Bonchev–Trinajstić information content (AvgIpc) is 2.85. The van der Waals surface area contributed by atoms with E-state index in [0.29, 0.717) is 6.04 Å². The Balaban J connectivity index is 1.64. The molecular formula is C17H25N3O. The fraction of sp³-hybridized carbons (Fsp3) is 0.588. The number of carbonyl (C=O) groups is 1. The van der Waals surface area contributed by atoms with Crippen LogP contribution in [0.4, 0.5) is 4.79 Å². The molecule has 2 fully saturated rings. The van der Waals surface area contributed by atoms with Crippen molar-refractivity contribution in [3.63, 3.8) is 0 Å². The normalized spacial score (nSPS) is 20.4. The molecule has 0 radical (unpaired) electrons. The molecule has 0 aliphatic carbocycles. The second-order valence-corrected chi connectivity index (χ2v) is 6.30. The van der Waals surface area contributed by atoms with E-state index in [0.717, 1.165) is 45.6 Å². The van der Waals surface area contributed by atoms with Gasteiger partial charge in [0.2, 0.25) is 0 Å². The molecule has 21 heavy (non-hydrogen) atoms. The van der Waals surface area contributed by atoms with Crippen LogP contribution in [0.25, 0.3) is 0 Å². The van der Waals surface area contributed by atoms with Gasteiger partial charge in [-0.05, 0) is 56.5 Å². The van der Waals surface area contributed by atoms with Crippen LogP contribution >= 0.6 is 0 Å². The Morgan fingerprint density at radius 1 is 1.14 bits per heavy atom. The summed E-state index contributed by atoms with van der Waals surface area (Å²) in [5.41, 5.74) is 3.84. The molecule has 2 aliphatic rings. The fourth-order valence-corrected chi connectivity index (χ4v) is 3.33. The third-order valence-electron chi connectivity index (χ3n) is 4.82. The average molecular weight is 287 g/mol. The Bertz CT molecular complexity index is 523. The largest absolute Gasteiger partial charge is 0.320 e. The standard InChI is InChI=1S/C17H25N3O/c1-13-3-4-15(11-14(13)2)12-19-9-10-20(17(19)21)16-5-7-18-8-6-16/h3-4,11,16,18H,5-10,12H2,1-2H3. The number of urea groups is 1. The van der Waals surface area contributed by atoms with Crippen molar-refractivity contribution in [1.29, 1.82) is 0 Å². The van der Waals surface area contributed by atoms with Gasteiger partial charge in [0.1, 0.15) is 0 Å². The number of amides is 2. The lowest BCUT2D eigenvalue weighted by Gasteiger charge is -2.31. The van der Waals surface area contributed by atoms with Gasteiger partial charge in [-0.3, -0.25) is 0 Å². The van der Waals surface area contributed by atoms with Crippen LogP contribution in [0.15, 0.2) is 18.2 Å². The van der Waals surface area contributed by atoms with Crippen LogP contribution in [0.1, 0.15) is 29.5 Å². The van der Waals surface area contributed by atoms with Crippen molar-refractivity contribution in [2.75, 3.05) is 26.2 Å². The number of hydrogen-bond donors (Lipinski definition) is 1. The van der Waals surface area contributed by atoms with Gasteiger partial charge in [0.15, 0.2) is 0 Å². The zero-order valence-corrected chi connectivity index (χ0v) is 13.1. The Labute approximate surface area is 127 Å². The highest BCUT2D eigenvalue weighted by atomic mass is 16.2. The minimum atomic E-state index is 0.222. The second kappa shape index (κ2) is 6.06. The number of aryl methyl sites for hydroxylation is 2. The highest BCUT2D eigenvalue weighted by Gasteiger charge is 2.33. The summed E-state index contributed by atoms with van der Waals surface area (Å²) in [4.78, 5) is 16.7. The zero-order chi connectivity index (χ0) is 14.8. The van der Waals surface area contributed by atoms with E-state index in [1.54, 1.807) is 0 Å².